The van der Waals surface area contributed by atoms with Crippen LogP contribution in [0.15, 0.2) is 58.5 Å². The number of hydrogen-bond acceptors (Lipinski definition) is 4. The summed E-state index contributed by atoms with van der Waals surface area (Å²) in [5.74, 6) is 2.57. The van der Waals surface area contributed by atoms with Crippen molar-refractivity contribution in [3.8, 4) is 0 Å². The molecule has 0 fully saturated rings. The van der Waals surface area contributed by atoms with E-state index in [1.165, 1.54) is 12.1 Å². The van der Waals surface area contributed by atoms with Crippen LogP contribution in [-0.4, -0.2) is 45.9 Å². The van der Waals surface area contributed by atoms with Crippen LogP contribution < -0.4 is 10.6 Å². The van der Waals surface area contributed by atoms with E-state index in [9.17, 15) is 4.39 Å². The normalized spacial score (nSPS) is 11.7. The molecule has 0 aliphatic rings. The Bertz CT molecular complexity index is 909. The fraction of sp³-hybridized carbons (Fsp3) is 0.381. The molecule has 3 aromatic rings. The zero-order chi connectivity index (χ0) is 20.3. The molecule has 0 saturated heterocycles. The van der Waals surface area contributed by atoms with Gasteiger partial charge in [0, 0.05) is 37.1 Å². The summed E-state index contributed by atoms with van der Waals surface area (Å²) in [5.41, 5.74) is 0.879. The molecule has 0 unspecified atom stereocenters. The van der Waals surface area contributed by atoms with Crippen LogP contribution in [0, 0.1) is 5.82 Å². The number of hydrogen-bond donors (Lipinski definition) is 2. The van der Waals surface area contributed by atoms with Crippen LogP contribution in [0.3, 0.4) is 0 Å². The molecule has 2 aromatic heterocycles. The van der Waals surface area contributed by atoms with Gasteiger partial charge in [-0.3, -0.25) is 9.39 Å². The molecular weight excluding hydrogens is 387 g/mol. The average Bonchev–Trinajstić information content (AvgIpc) is 3.15. The first kappa shape index (κ1) is 21.1. The molecule has 6 nitrogen and oxygen atoms in total. The van der Waals surface area contributed by atoms with Gasteiger partial charge >= 0.3 is 0 Å². The van der Waals surface area contributed by atoms with Crippen LogP contribution >= 0.6 is 11.8 Å². The van der Waals surface area contributed by atoms with Crippen LogP contribution in [0.25, 0.3) is 5.65 Å². The summed E-state index contributed by atoms with van der Waals surface area (Å²) in [6, 6.07) is 12.5. The Morgan fingerprint density at radius 2 is 1.97 bits per heavy atom. The molecule has 29 heavy (non-hydrogen) atoms. The van der Waals surface area contributed by atoms with Gasteiger partial charge in [-0.15, -0.1) is 22.0 Å². The number of aromatic nitrogens is 3. The maximum atomic E-state index is 12.9. The first-order valence-corrected chi connectivity index (χ1v) is 10.9. The summed E-state index contributed by atoms with van der Waals surface area (Å²) >= 11 is 1.72. The van der Waals surface area contributed by atoms with E-state index in [2.05, 4.69) is 32.7 Å². The Labute approximate surface area is 175 Å². The number of pyridine rings is 1. The van der Waals surface area contributed by atoms with Gasteiger partial charge in [0.05, 0.1) is 0 Å². The number of aryl methyl sites for hydroxylation is 1. The second-order valence-electron chi connectivity index (χ2n) is 6.49. The van der Waals surface area contributed by atoms with Crippen molar-refractivity contribution in [1.82, 2.24) is 25.2 Å². The third-order valence-corrected chi connectivity index (χ3v) is 5.35. The van der Waals surface area contributed by atoms with Gasteiger partial charge in [-0.05, 0) is 61.9 Å². The Balaban J connectivity index is 1.36. The van der Waals surface area contributed by atoms with Crippen molar-refractivity contribution in [2.45, 2.75) is 31.1 Å². The van der Waals surface area contributed by atoms with Crippen LogP contribution in [0.5, 0.6) is 0 Å². The highest BCUT2D eigenvalue weighted by atomic mass is 32.2. The van der Waals surface area contributed by atoms with Crippen molar-refractivity contribution in [2.24, 2.45) is 4.99 Å². The highest BCUT2D eigenvalue weighted by Gasteiger charge is 2.04. The number of nitrogens with one attached hydrogen (secondary N) is 2. The zero-order valence-corrected chi connectivity index (χ0v) is 17.5. The fourth-order valence-electron chi connectivity index (χ4n) is 2.83. The van der Waals surface area contributed by atoms with Crippen LogP contribution in [0.4, 0.5) is 4.39 Å². The minimum Gasteiger partial charge on any atom is -0.357 e. The number of fused-ring (bicyclic) bond motifs is 1. The number of aliphatic imine (C=N–C) groups is 1. The van der Waals surface area contributed by atoms with E-state index in [1.54, 1.807) is 11.8 Å². The SMILES string of the molecule is CCNC(=NCCCSc1ccc(F)cc1)NCCCc1nnc2ccccn12. The molecule has 2 N–H and O–H groups in total. The van der Waals surface area contributed by atoms with Gasteiger partial charge in [0.1, 0.15) is 11.6 Å². The van der Waals surface area contributed by atoms with E-state index in [0.717, 1.165) is 67.0 Å². The monoisotopic (exact) mass is 414 g/mol. The molecule has 0 saturated carbocycles. The maximum Gasteiger partial charge on any atom is 0.191 e. The first-order chi connectivity index (χ1) is 14.3. The van der Waals surface area contributed by atoms with Gasteiger partial charge in [0.15, 0.2) is 11.6 Å². The van der Waals surface area contributed by atoms with Crippen LogP contribution in [-0.2, 0) is 6.42 Å². The summed E-state index contributed by atoms with van der Waals surface area (Å²) in [4.78, 5) is 5.72. The second-order valence-corrected chi connectivity index (χ2v) is 7.66. The van der Waals surface area contributed by atoms with Gasteiger partial charge in [-0.1, -0.05) is 6.07 Å². The predicted octanol–water partition coefficient (Wildman–Crippen LogP) is 3.54. The quantitative estimate of drug-likeness (QED) is 0.230. The largest absolute Gasteiger partial charge is 0.357 e. The standard InChI is InChI=1S/C21H27FN6S/c1-2-23-21(25-14-6-16-29-18-11-9-17(22)10-12-18)24-13-5-8-20-27-26-19-7-3-4-15-28(19)20/h3-4,7,9-12,15H,2,5-6,8,13-14,16H2,1H3,(H2,23,24,25). The van der Waals surface area contributed by atoms with E-state index in [-0.39, 0.29) is 5.82 Å². The van der Waals surface area contributed by atoms with Crippen LogP contribution in [0.1, 0.15) is 25.6 Å². The molecule has 8 heteroatoms. The third-order valence-electron chi connectivity index (χ3n) is 4.25. The molecule has 0 spiro atoms. The molecule has 3 rings (SSSR count). The molecule has 0 aliphatic carbocycles. The molecular formula is C21H27FN6S. The van der Waals surface area contributed by atoms with E-state index < -0.39 is 0 Å². The van der Waals surface area contributed by atoms with E-state index >= 15 is 0 Å². The molecule has 2 heterocycles. The van der Waals surface area contributed by atoms with Gasteiger partial charge in [-0.2, -0.15) is 0 Å². The van der Waals surface area contributed by atoms with Gasteiger partial charge in [0.25, 0.3) is 0 Å². The van der Waals surface area contributed by atoms with Crippen molar-refractivity contribution in [3.63, 3.8) is 0 Å². The number of nitrogens with zero attached hydrogens (tertiary/aromatic N) is 4. The topological polar surface area (TPSA) is 66.6 Å². The van der Waals surface area contributed by atoms with Gasteiger partial charge < -0.3 is 10.6 Å². The Morgan fingerprint density at radius 1 is 1.10 bits per heavy atom. The van der Waals surface area contributed by atoms with Crippen molar-refractivity contribution >= 4 is 23.4 Å². The fourth-order valence-corrected chi connectivity index (χ4v) is 3.67. The Morgan fingerprint density at radius 3 is 2.79 bits per heavy atom. The van der Waals surface area contributed by atoms with E-state index in [4.69, 9.17) is 0 Å². The van der Waals surface area contributed by atoms with E-state index in [0.29, 0.717) is 0 Å². The lowest BCUT2D eigenvalue weighted by molar-refractivity contribution is 0.626. The Kier molecular flexibility index (Phi) is 8.30. The lowest BCUT2D eigenvalue weighted by Gasteiger charge is -2.11. The number of benzene rings is 1. The number of thioether (sulfide) groups is 1. The summed E-state index contributed by atoms with van der Waals surface area (Å²) in [6.07, 6.45) is 4.75. The van der Waals surface area contributed by atoms with E-state index in [1.807, 2.05) is 40.9 Å². The number of rotatable bonds is 10. The molecule has 0 atom stereocenters. The lowest BCUT2D eigenvalue weighted by Crippen LogP contribution is -2.38. The zero-order valence-electron chi connectivity index (χ0n) is 16.6. The molecule has 0 aliphatic heterocycles. The molecule has 0 radical (unpaired) electrons. The number of guanidine groups is 1. The molecule has 154 valence electrons. The minimum absolute atomic E-state index is 0.197. The Hall–Kier alpha value is -2.61. The molecule has 1 aromatic carbocycles. The van der Waals surface area contributed by atoms with Crippen molar-refractivity contribution < 1.29 is 4.39 Å². The average molecular weight is 415 g/mol. The van der Waals surface area contributed by atoms with Gasteiger partial charge in [0.2, 0.25) is 0 Å². The van der Waals surface area contributed by atoms with Crippen molar-refractivity contribution in [2.75, 3.05) is 25.4 Å². The summed E-state index contributed by atoms with van der Waals surface area (Å²) in [7, 11) is 0. The maximum absolute atomic E-state index is 12.9. The number of halogens is 1. The highest BCUT2D eigenvalue weighted by molar-refractivity contribution is 7.99. The first-order valence-electron chi connectivity index (χ1n) is 9.95. The molecule has 0 bridgehead atoms. The van der Waals surface area contributed by atoms with Crippen molar-refractivity contribution in [1.29, 1.82) is 0 Å². The third kappa shape index (κ3) is 6.74. The summed E-state index contributed by atoms with van der Waals surface area (Å²) < 4.78 is 14.9. The minimum atomic E-state index is -0.197. The highest BCUT2D eigenvalue weighted by Crippen LogP contribution is 2.18. The summed E-state index contributed by atoms with van der Waals surface area (Å²) in [6.45, 7) is 4.45. The summed E-state index contributed by atoms with van der Waals surface area (Å²) in [5, 5.41) is 15.1. The predicted molar refractivity (Wildman–Crippen MR) is 117 cm³/mol. The van der Waals surface area contributed by atoms with Gasteiger partial charge in [-0.25, -0.2) is 4.39 Å². The molecule has 0 amide bonds. The van der Waals surface area contributed by atoms with Crippen molar-refractivity contribution in [3.05, 3.63) is 60.3 Å². The second kappa shape index (κ2) is 11.4. The smallest absolute Gasteiger partial charge is 0.191 e. The lowest BCUT2D eigenvalue weighted by atomic mass is 10.3. The van der Waals surface area contributed by atoms with Crippen LogP contribution in [0.2, 0.25) is 0 Å².